The number of nitrogens with two attached hydrogens (primary N) is 1. The lowest BCUT2D eigenvalue weighted by Gasteiger charge is -2.25. The molecule has 0 bridgehead atoms. The Morgan fingerprint density at radius 1 is 1.00 bits per heavy atom. The van der Waals surface area contributed by atoms with E-state index < -0.39 is 0 Å². The smallest absolute Gasteiger partial charge is 0.225 e. The second-order valence-corrected chi connectivity index (χ2v) is 7.30. The van der Waals surface area contributed by atoms with Crippen molar-refractivity contribution in [3.63, 3.8) is 0 Å². The molecule has 1 saturated carbocycles. The molecule has 1 heterocycles. The molecule has 1 amide bonds. The van der Waals surface area contributed by atoms with E-state index >= 15 is 0 Å². The van der Waals surface area contributed by atoms with Gasteiger partial charge < -0.3 is 10.6 Å². The molecule has 2 aliphatic rings. The van der Waals surface area contributed by atoms with Crippen LogP contribution in [-0.4, -0.2) is 30.4 Å². The Hall–Kier alpha value is -1.35. The first-order chi connectivity index (χ1) is 11.3. The van der Waals surface area contributed by atoms with E-state index in [0.29, 0.717) is 24.3 Å². The quantitative estimate of drug-likeness (QED) is 0.927. The van der Waals surface area contributed by atoms with Gasteiger partial charge in [-0.05, 0) is 30.9 Å². The van der Waals surface area contributed by atoms with Crippen LogP contribution in [-0.2, 0) is 4.79 Å². The van der Waals surface area contributed by atoms with Gasteiger partial charge in [0.2, 0.25) is 5.91 Å². The van der Waals surface area contributed by atoms with Crippen LogP contribution in [0.2, 0.25) is 0 Å². The van der Waals surface area contributed by atoms with Crippen LogP contribution in [0.3, 0.4) is 0 Å². The average Bonchev–Trinajstić information content (AvgIpc) is 2.99. The van der Waals surface area contributed by atoms with Crippen LogP contribution >= 0.6 is 0 Å². The minimum absolute atomic E-state index is 0.253. The van der Waals surface area contributed by atoms with Gasteiger partial charge in [-0.2, -0.15) is 0 Å². The standard InChI is InChI=1S/C20H30N2O/c21-13-18-14-22(15-19(18)16-9-7-4-8-10-16)20(23)17-11-5-2-1-3-6-12-17/h4,7-10,17-19H,1-3,5-6,11-15,21H2/t18-,19+/m1/s1. The zero-order valence-corrected chi connectivity index (χ0v) is 14.1. The minimum Gasteiger partial charge on any atom is -0.341 e. The summed E-state index contributed by atoms with van der Waals surface area (Å²) in [5, 5.41) is 0. The molecule has 0 aromatic heterocycles. The number of rotatable bonds is 3. The van der Waals surface area contributed by atoms with Crippen molar-refractivity contribution in [3.8, 4) is 0 Å². The highest BCUT2D eigenvalue weighted by Gasteiger charge is 2.37. The number of carbonyl (C=O) groups excluding carboxylic acids is 1. The predicted molar refractivity (Wildman–Crippen MR) is 94.1 cm³/mol. The third-order valence-corrected chi connectivity index (χ3v) is 5.74. The molecule has 1 aromatic rings. The Balaban J connectivity index is 1.67. The van der Waals surface area contributed by atoms with Gasteiger partial charge >= 0.3 is 0 Å². The number of likely N-dealkylation sites (tertiary alicyclic amines) is 1. The maximum atomic E-state index is 13.0. The van der Waals surface area contributed by atoms with Crippen LogP contribution in [0.1, 0.15) is 56.4 Å². The Bertz CT molecular complexity index is 494. The molecule has 3 rings (SSSR count). The van der Waals surface area contributed by atoms with Crippen molar-refractivity contribution >= 4 is 5.91 Å². The van der Waals surface area contributed by atoms with E-state index in [2.05, 4.69) is 29.2 Å². The fourth-order valence-corrected chi connectivity index (χ4v) is 4.33. The summed E-state index contributed by atoms with van der Waals surface area (Å²) in [6.45, 7) is 2.35. The van der Waals surface area contributed by atoms with Gasteiger partial charge in [0, 0.05) is 24.9 Å². The highest BCUT2D eigenvalue weighted by Crippen LogP contribution is 2.34. The number of hydrogen-bond acceptors (Lipinski definition) is 2. The number of amides is 1. The van der Waals surface area contributed by atoms with Crippen molar-refractivity contribution in [3.05, 3.63) is 35.9 Å². The largest absolute Gasteiger partial charge is 0.341 e. The number of benzene rings is 1. The first kappa shape index (κ1) is 16.5. The molecule has 2 N–H and O–H groups in total. The average molecular weight is 314 g/mol. The molecule has 3 nitrogen and oxygen atoms in total. The number of hydrogen-bond donors (Lipinski definition) is 1. The summed E-state index contributed by atoms with van der Waals surface area (Å²) in [4.78, 5) is 15.1. The summed E-state index contributed by atoms with van der Waals surface area (Å²) in [7, 11) is 0. The molecule has 1 aromatic carbocycles. The van der Waals surface area contributed by atoms with E-state index in [9.17, 15) is 4.79 Å². The van der Waals surface area contributed by atoms with E-state index in [4.69, 9.17) is 5.73 Å². The molecule has 0 unspecified atom stereocenters. The Morgan fingerprint density at radius 2 is 1.65 bits per heavy atom. The Labute approximate surface area is 140 Å². The van der Waals surface area contributed by atoms with Gasteiger partial charge in [-0.1, -0.05) is 62.4 Å². The highest BCUT2D eigenvalue weighted by atomic mass is 16.2. The molecular weight excluding hydrogens is 284 g/mol. The molecule has 2 fully saturated rings. The summed E-state index contributed by atoms with van der Waals surface area (Å²) < 4.78 is 0. The fraction of sp³-hybridized carbons (Fsp3) is 0.650. The van der Waals surface area contributed by atoms with E-state index in [0.717, 1.165) is 25.9 Å². The maximum Gasteiger partial charge on any atom is 0.225 e. The molecule has 3 heteroatoms. The SMILES string of the molecule is NC[C@@H]1CN(C(=O)C2CCCCCCC2)C[C@H]1c1ccccc1. The lowest BCUT2D eigenvalue weighted by atomic mass is 9.89. The van der Waals surface area contributed by atoms with Crippen molar-refractivity contribution in [1.29, 1.82) is 0 Å². The summed E-state index contributed by atoms with van der Waals surface area (Å²) in [6, 6.07) is 10.6. The number of carbonyl (C=O) groups is 1. The van der Waals surface area contributed by atoms with Crippen LogP contribution in [0, 0.1) is 11.8 Å². The fourth-order valence-electron chi connectivity index (χ4n) is 4.33. The van der Waals surface area contributed by atoms with Gasteiger partial charge in [-0.25, -0.2) is 0 Å². The highest BCUT2D eigenvalue weighted by molar-refractivity contribution is 5.79. The third-order valence-electron chi connectivity index (χ3n) is 5.74. The molecule has 1 aliphatic heterocycles. The number of nitrogens with zero attached hydrogens (tertiary/aromatic N) is 1. The van der Waals surface area contributed by atoms with Gasteiger partial charge in [-0.15, -0.1) is 0 Å². The van der Waals surface area contributed by atoms with Crippen molar-refractivity contribution in [1.82, 2.24) is 4.90 Å². The first-order valence-electron chi connectivity index (χ1n) is 9.33. The van der Waals surface area contributed by atoms with Crippen molar-refractivity contribution in [2.75, 3.05) is 19.6 Å². The molecule has 0 spiro atoms. The van der Waals surface area contributed by atoms with Gasteiger partial charge in [0.15, 0.2) is 0 Å². The van der Waals surface area contributed by atoms with Gasteiger partial charge in [0.25, 0.3) is 0 Å². The zero-order chi connectivity index (χ0) is 16.1. The molecule has 1 aliphatic carbocycles. The topological polar surface area (TPSA) is 46.3 Å². The van der Waals surface area contributed by atoms with Gasteiger partial charge in [0.1, 0.15) is 0 Å². The molecule has 126 valence electrons. The van der Waals surface area contributed by atoms with Gasteiger partial charge in [0.05, 0.1) is 0 Å². The minimum atomic E-state index is 0.253. The van der Waals surface area contributed by atoms with Crippen LogP contribution in [0.5, 0.6) is 0 Å². The monoisotopic (exact) mass is 314 g/mol. The first-order valence-corrected chi connectivity index (χ1v) is 9.33. The van der Waals surface area contributed by atoms with Gasteiger partial charge in [-0.3, -0.25) is 4.79 Å². The molecule has 23 heavy (non-hydrogen) atoms. The summed E-state index contributed by atoms with van der Waals surface area (Å²) >= 11 is 0. The van der Waals surface area contributed by atoms with Crippen molar-refractivity contribution in [2.24, 2.45) is 17.6 Å². The normalized spacial score (nSPS) is 26.7. The second-order valence-electron chi connectivity index (χ2n) is 7.30. The Morgan fingerprint density at radius 3 is 2.30 bits per heavy atom. The third kappa shape index (κ3) is 3.95. The molecule has 0 radical (unpaired) electrons. The lowest BCUT2D eigenvalue weighted by molar-refractivity contribution is -0.135. The van der Waals surface area contributed by atoms with Crippen LogP contribution < -0.4 is 5.73 Å². The lowest BCUT2D eigenvalue weighted by Crippen LogP contribution is -2.35. The molecule has 1 saturated heterocycles. The van der Waals surface area contributed by atoms with Crippen molar-refractivity contribution < 1.29 is 4.79 Å². The maximum absolute atomic E-state index is 13.0. The zero-order valence-electron chi connectivity index (χ0n) is 14.1. The summed E-state index contributed by atoms with van der Waals surface area (Å²) in [5.41, 5.74) is 7.34. The van der Waals surface area contributed by atoms with E-state index in [1.54, 1.807) is 0 Å². The Kier molecular flexibility index (Phi) is 5.71. The summed E-state index contributed by atoms with van der Waals surface area (Å²) in [5.74, 6) is 1.45. The van der Waals surface area contributed by atoms with Crippen molar-refractivity contribution in [2.45, 2.75) is 50.9 Å². The molecular formula is C20H30N2O. The van der Waals surface area contributed by atoms with Crippen LogP contribution in [0.4, 0.5) is 0 Å². The summed E-state index contributed by atoms with van der Waals surface area (Å²) in [6.07, 6.45) is 8.52. The van der Waals surface area contributed by atoms with E-state index in [1.807, 2.05) is 6.07 Å². The van der Waals surface area contributed by atoms with Crippen LogP contribution in [0.25, 0.3) is 0 Å². The van der Waals surface area contributed by atoms with E-state index in [1.165, 1.54) is 37.7 Å². The molecule has 2 atom stereocenters. The predicted octanol–water partition coefficient (Wildman–Crippen LogP) is 3.55. The van der Waals surface area contributed by atoms with Crippen LogP contribution in [0.15, 0.2) is 30.3 Å². The second kappa shape index (κ2) is 7.96. The van der Waals surface area contributed by atoms with E-state index in [-0.39, 0.29) is 5.92 Å².